The normalized spacial score (nSPS) is 11.0. The van der Waals surface area contributed by atoms with Gasteiger partial charge in [0.2, 0.25) is 0 Å². The van der Waals surface area contributed by atoms with Gasteiger partial charge in [-0.15, -0.1) is 10.2 Å². The molecule has 0 atom stereocenters. The topological polar surface area (TPSA) is 108 Å². The van der Waals surface area contributed by atoms with Crippen LogP contribution in [-0.2, 0) is 6.42 Å². The molecule has 0 aliphatic carbocycles. The summed E-state index contributed by atoms with van der Waals surface area (Å²) in [7, 11) is 0. The van der Waals surface area contributed by atoms with Crippen molar-refractivity contribution < 1.29 is 15.1 Å². The molecule has 0 aromatic heterocycles. The number of phenolic OH excluding ortho intramolecular Hbond substituents is 1. The van der Waals surface area contributed by atoms with E-state index >= 15 is 0 Å². The molecule has 23 heavy (non-hydrogen) atoms. The number of aryl methyl sites for hydroxylation is 1. The number of aromatic hydroxyl groups is 1. The molecular formula is C16H17N3O4. The maximum atomic E-state index is 10.9. The van der Waals surface area contributed by atoms with Crippen molar-refractivity contribution in [3.8, 4) is 5.75 Å². The molecule has 0 radical (unpaired) electrons. The third-order valence-electron chi connectivity index (χ3n) is 3.26. The summed E-state index contributed by atoms with van der Waals surface area (Å²) < 4.78 is 0. The lowest BCUT2D eigenvalue weighted by Crippen LogP contribution is -1.88. The average Bonchev–Trinajstić information content (AvgIpc) is 2.55. The minimum absolute atomic E-state index is 0.0433. The molecule has 0 saturated carbocycles. The largest absolute Gasteiger partial charge is 0.506 e. The monoisotopic (exact) mass is 315 g/mol. The third kappa shape index (κ3) is 4.58. The van der Waals surface area contributed by atoms with Gasteiger partial charge in [0.25, 0.3) is 5.69 Å². The molecule has 0 saturated heterocycles. The van der Waals surface area contributed by atoms with Gasteiger partial charge in [-0.1, -0.05) is 18.2 Å². The van der Waals surface area contributed by atoms with Crippen LogP contribution in [0.1, 0.15) is 18.4 Å². The van der Waals surface area contributed by atoms with Crippen molar-refractivity contribution in [1.29, 1.82) is 0 Å². The van der Waals surface area contributed by atoms with Gasteiger partial charge in [-0.05, 0) is 43.0 Å². The van der Waals surface area contributed by atoms with Crippen LogP contribution >= 0.6 is 0 Å². The van der Waals surface area contributed by atoms with Gasteiger partial charge in [0.1, 0.15) is 11.4 Å². The minimum Gasteiger partial charge on any atom is -0.506 e. The number of aliphatic hydroxyl groups excluding tert-OH is 1. The van der Waals surface area contributed by atoms with Crippen molar-refractivity contribution in [1.82, 2.24) is 0 Å². The number of nitro groups is 1. The van der Waals surface area contributed by atoms with Gasteiger partial charge in [-0.3, -0.25) is 10.1 Å². The molecule has 7 nitrogen and oxygen atoms in total. The first-order valence-corrected chi connectivity index (χ1v) is 7.19. The molecule has 0 aliphatic heterocycles. The van der Waals surface area contributed by atoms with Crippen LogP contribution < -0.4 is 0 Å². The Hall–Kier alpha value is -2.80. The van der Waals surface area contributed by atoms with E-state index in [0.717, 1.165) is 18.4 Å². The summed E-state index contributed by atoms with van der Waals surface area (Å²) in [5.41, 5.74) is 1.19. The first-order chi connectivity index (χ1) is 11.1. The van der Waals surface area contributed by atoms with Crippen molar-refractivity contribution >= 4 is 17.1 Å². The number of benzene rings is 2. The van der Waals surface area contributed by atoms with Crippen molar-refractivity contribution in [2.24, 2.45) is 10.2 Å². The highest BCUT2D eigenvalue weighted by atomic mass is 16.6. The molecule has 0 unspecified atom stereocenters. The molecule has 2 rings (SSSR count). The van der Waals surface area contributed by atoms with Crippen molar-refractivity contribution in [2.75, 3.05) is 6.61 Å². The summed E-state index contributed by atoms with van der Waals surface area (Å²) in [6, 6.07) is 11.0. The summed E-state index contributed by atoms with van der Waals surface area (Å²) in [6.45, 7) is 0.141. The van der Waals surface area contributed by atoms with Crippen LogP contribution in [0.3, 0.4) is 0 Å². The van der Waals surface area contributed by atoms with E-state index in [1.807, 2.05) is 0 Å². The highest BCUT2D eigenvalue weighted by molar-refractivity contribution is 5.58. The van der Waals surface area contributed by atoms with Crippen molar-refractivity contribution in [3.05, 3.63) is 58.1 Å². The molecule has 120 valence electrons. The second kappa shape index (κ2) is 8.00. The smallest absolute Gasteiger partial charge is 0.296 e. The molecule has 2 aromatic carbocycles. The Balaban J connectivity index is 2.22. The number of aliphatic hydroxyl groups is 1. The molecule has 7 heteroatoms. The highest BCUT2D eigenvalue weighted by Crippen LogP contribution is 2.32. The Kier molecular flexibility index (Phi) is 5.76. The molecule has 0 fully saturated rings. The summed E-state index contributed by atoms with van der Waals surface area (Å²) in [6.07, 6.45) is 2.27. The Bertz CT molecular complexity index is 716. The van der Waals surface area contributed by atoms with Gasteiger partial charge in [-0.2, -0.15) is 0 Å². The van der Waals surface area contributed by atoms with Crippen LogP contribution in [0.4, 0.5) is 17.1 Å². The van der Waals surface area contributed by atoms with Crippen LogP contribution in [0.15, 0.2) is 52.7 Å². The zero-order chi connectivity index (χ0) is 16.7. The Morgan fingerprint density at radius 2 is 1.78 bits per heavy atom. The summed E-state index contributed by atoms with van der Waals surface area (Å²) in [4.78, 5) is 10.4. The number of para-hydroxylation sites is 1. The van der Waals surface area contributed by atoms with Gasteiger partial charge in [0.15, 0.2) is 5.69 Å². The van der Waals surface area contributed by atoms with Crippen LogP contribution in [0, 0.1) is 10.1 Å². The number of nitrogens with zero attached hydrogens (tertiary/aromatic N) is 3. The maximum Gasteiger partial charge on any atom is 0.296 e. The maximum absolute atomic E-state index is 10.9. The Morgan fingerprint density at radius 3 is 2.52 bits per heavy atom. The minimum atomic E-state index is -0.528. The van der Waals surface area contributed by atoms with E-state index in [-0.39, 0.29) is 29.4 Å². The van der Waals surface area contributed by atoms with Crippen LogP contribution in [-0.4, -0.2) is 21.7 Å². The van der Waals surface area contributed by atoms with Crippen molar-refractivity contribution in [2.45, 2.75) is 19.3 Å². The van der Waals surface area contributed by atoms with Crippen LogP contribution in [0.5, 0.6) is 5.75 Å². The summed E-state index contributed by atoms with van der Waals surface area (Å²) >= 11 is 0. The number of nitro benzene ring substituents is 1. The lowest BCUT2D eigenvalue weighted by atomic mass is 10.1. The van der Waals surface area contributed by atoms with E-state index in [1.54, 1.807) is 24.3 Å². The van der Waals surface area contributed by atoms with Gasteiger partial charge in [-0.25, -0.2) is 0 Å². The molecule has 0 heterocycles. The number of hydrogen-bond acceptors (Lipinski definition) is 6. The predicted molar refractivity (Wildman–Crippen MR) is 85.4 cm³/mol. The van der Waals surface area contributed by atoms with E-state index in [1.165, 1.54) is 18.2 Å². The fourth-order valence-electron chi connectivity index (χ4n) is 2.06. The highest BCUT2D eigenvalue weighted by Gasteiger charge is 2.12. The number of azo groups is 1. The number of phenols is 1. The van der Waals surface area contributed by atoms with E-state index in [2.05, 4.69) is 10.2 Å². The van der Waals surface area contributed by atoms with Gasteiger partial charge in [0, 0.05) is 12.7 Å². The molecule has 0 aliphatic rings. The second-order valence-electron chi connectivity index (χ2n) is 4.95. The van der Waals surface area contributed by atoms with E-state index in [9.17, 15) is 15.2 Å². The number of rotatable bonds is 7. The molecule has 0 spiro atoms. The molecule has 0 amide bonds. The van der Waals surface area contributed by atoms with Gasteiger partial charge >= 0.3 is 0 Å². The third-order valence-corrected chi connectivity index (χ3v) is 3.26. The first kappa shape index (κ1) is 16.6. The predicted octanol–water partition coefficient (Wildman–Crippen LogP) is 4.03. The Labute approximate surface area is 133 Å². The summed E-state index contributed by atoms with van der Waals surface area (Å²) in [5, 5.41) is 37.4. The SMILES string of the molecule is O=[N+]([O-])c1ccccc1/N=N/c1cc(CCCCO)ccc1O. The fraction of sp³-hybridized carbons (Fsp3) is 0.250. The van der Waals surface area contributed by atoms with Gasteiger partial charge in [0.05, 0.1) is 4.92 Å². The summed E-state index contributed by atoms with van der Waals surface area (Å²) in [5.74, 6) is -0.0433. The molecule has 2 aromatic rings. The quantitative estimate of drug-likeness (QED) is 0.348. The number of hydrogen-bond donors (Lipinski definition) is 2. The number of unbranched alkanes of at least 4 members (excludes halogenated alkanes) is 1. The second-order valence-corrected chi connectivity index (χ2v) is 4.95. The average molecular weight is 315 g/mol. The first-order valence-electron chi connectivity index (χ1n) is 7.19. The fourth-order valence-corrected chi connectivity index (χ4v) is 2.06. The van der Waals surface area contributed by atoms with Gasteiger partial charge < -0.3 is 10.2 Å². The molecular weight excluding hydrogens is 298 g/mol. The lowest BCUT2D eigenvalue weighted by Gasteiger charge is -2.03. The molecule has 2 N–H and O–H groups in total. The van der Waals surface area contributed by atoms with Crippen LogP contribution in [0.25, 0.3) is 0 Å². The Morgan fingerprint density at radius 1 is 1.04 bits per heavy atom. The van der Waals surface area contributed by atoms with Crippen LogP contribution in [0.2, 0.25) is 0 Å². The zero-order valence-corrected chi connectivity index (χ0v) is 12.4. The lowest BCUT2D eigenvalue weighted by molar-refractivity contribution is -0.384. The van der Waals surface area contributed by atoms with E-state index < -0.39 is 4.92 Å². The standard InChI is InChI=1S/C16H17N3O4/c20-10-4-3-5-12-8-9-16(21)14(11-12)18-17-13-6-1-2-7-15(13)19(22)23/h1-2,6-9,11,20-21H,3-5,10H2/b18-17+. The van der Waals surface area contributed by atoms with E-state index in [4.69, 9.17) is 5.11 Å². The zero-order valence-electron chi connectivity index (χ0n) is 12.4. The molecule has 0 bridgehead atoms. The van der Waals surface area contributed by atoms with E-state index in [0.29, 0.717) is 6.42 Å². The van der Waals surface area contributed by atoms with Crippen molar-refractivity contribution in [3.63, 3.8) is 0 Å².